The van der Waals surface area contributed by atoms with Gasteiger partial charge >= 0.3 is 0 Å². The Hall–Kier alpha value is -1.14. The Morgan fingerprint density at radius 3 is 2.68 bits per heavy atom. The molecule has 0 aliphatic carbocycles. The van der Waals surface area contributed by atoms with Crippen LogP contribution in [0.3, 0.4) is 0 Å². The topological polar surface area (TPSA) is 59.2 Å². The summed E-state index contributed by atoms with van der Waals surface area (Å²) in [5.41, 5.74) is 7.26. The molecule has 4 nitrogen and oxygen atoms in total. The second-order valence-corrected chi connectivity index (χ2v) is 5.90. The van der Waals surface area contributed by atoms with Gasteiger partial charge in [-0.2, -0.15) is 0 Å². The van der Waals surface area contributed by atoms with Crippen molar-refractivity contribution >= 4 is 42.1 Å². The van der Waals surface area contributed by atoms with E-state index in [-0.39, 0.29) is 30.7 Å². The lowest BCUT2D eigenvalue weighted by Gasteiger charge is -2.14. The lowest BCUT2D eigenvalue weighted by Crippen LogP contribution is -2.30. The number of nitrogens with two attached hydrogens (primary N) is 1. The molecular weight excluding hydrogens is 341 g/mol. The highest BCUT2D eigenvalue weighted by Gasteiger charge is 2.27. The van der Waals surface area contributed by atoms with E-state index in [1.165, 1.54) is 11.3 Å². The maximum absolute atomic E-state index is 12.4. The Bertz CT molecular complexity index is 606. The fourth-order valence-corrected chi connectivity index (χ4v) is 3.26. The molecule has 1 saturated heterocycles. The summed E-state index contributed by atoms with van der Waals surface area (Å²) in [5.74, 6) is 0.463. The lowest BCUT2D eigenvalue weighted by molar-refractivity contribution is 0.0783. The van der Waals surface area contributed by atoms with E-state index in [1.807, 2.05) is 40.6 Å². The van der Waals surface area contributed by atoms with Gasteiger partial charge in [0.1, 0.15) is 10.7 Å². The van der Waals surface area contributed by atoms with Crippen molar-refractivity contribution in [1.29, 1.82) is 0 Å². The fourth-order valence-electron chi connectivity index (χ4n) is 2.46. The van der Waals surface area contributed by atoms with E-state index < -0.39 is 0 Å². The molecule has 2 aromatic rings. The minimum Gasteiger partial charge on any atom is -0.337 e. The van der Waals surface area contributed by atoms with Gasteiger partial charge in [0.25, 0.3) is 5.91 Å². The summed E-state index contributed by atoms with van der Waals surface area (Å²) >= 11 is 1.51. The smallest absolute Gasteiger partial charge is 0.273 e. The van der Waals surface area contributed by atoms with Crippen molar-refractivity contribution in [2.24, 2.45) is 11.7 Å². The first-order valence-corrected chi connectivity index (χ1v) is 7.66. The molecule has 1 aromatic heterocycles. The first-order chi connectivity index (χ1) is 9.78. The van der Waals surface area contributed by atoms with Gasteiger partial charge < -0.3 is 10.6 Å². The highest BCUT2D eigenvalue weighted by Crippen LogP contribution is 2.25. The minimum absolute atomic E-state index is 0. The van der Waals surface area contributed by atoms with Gasteiger partial charge in [-0.3, -0.25) is 4.79 Å². The van der Waals surface area contributed by atoms with Gasteiger partial charge in [-0.1, -0.05) is 30.3 Å². The second-order valence-electron chi connectivity index (χ2n) is 5.05. The molecule has 0 saturated carbocycles. The standard InChI is InChI=1S/C15H17N3OS.2ClH/c16-8-11-6-7-18(9-11)15(19)13-10-20-14(17-13)12-4-2-1-3-5-12;;/h1-5,10-11H,6-9,16H2;2*1H. The molecule has 0 bridgehead atoms. The number of hydrogen-bond acceptors (Lipinski definition) is 4. The second kappa shape index (κ2) is 8.48. The van der Waals surface area contributed by atoms with Crippen LogP contribution in [0.4, 0.5) is 0 Å². The average Bonchev–Trinajstić information content (AvgIpc) is 3.17. The summed E-state index contributed by atoms with van der Waals surface area (Å²) in [5, 5.41) is 2.74. The summed E-state index contributed by atoms with van der Waals surface area (Å²) in [4.78, 5) is 18.7. The molecule has 0 spiro atoms. The maximum Gasteiger partial charge on any atom is 0.273 e. The SMILES string of the molecule is Cl.Cl.NCC1CCN(C(=O)c2csc(-c3ccccc3)n2)C1. The Kier molecular flexibility index (Phi) is 7.29. The zero-order valence-corrected chi connectivity index (χ0v) is 14.4. The van der Waals surface area contributed by atoms with Crippen LogP contribution in [-0.4, -0.2) is 35.4 Å². The van der Waals surface area contributed by atoms with Crippen LogP contribution in [0.1, 0.15) is 16.9 Å². The van der Waals surface area contributed by atoms with E-state index in [4.69, 9.17) is 5.73 Å². The van der Waals surface area contributed by atoms with Gasteiger partial charge in [0, 0.05) is 24.0 Å². The number of aromatic nitrogens is 1. The molecule has 1 unspecified atom stereocenters. The first-order valence-electron chi connectivity index (χ1n) is 6.78. The van der Waals surface area contributed by atoms with Crippen LogP contribution >= 0.6 is 36.2 Å². The summed E-state index contributed by atoms with van der Waals surface area (Å²) in [6, 6.07) is 9.94. The number of carbonyl (C=O) groups excluding carboxylic acids is 1. The van der Waals surface area contributed by atoms with E-state index in [0.717, 1.165) is 30.1 Å². The van der Waals surface area contributed by atoms with Gasteiger partial charge in [0.15, 0.2) is 0 Å². The van der Waals surface area contributed by atoms with Crippen LogP contribution in [0.15, 0.2) is 35.7 Å². The molecule has 0 radical (unpaired) electrons. The number of thiazole rings is 1. The number of amides is 1. The van der Waals surface area contributed by atoms with Crippen LogP contribution in [0.5, 0.6) is 0 Å². The molecule has 2 heterocycles. The summed E-state index contributed by atoms with van der Waals surface area (Å²) in [7, 11) is 0. The predicted molar refractivity (Wildman–Crippen MR) is 95.1 cm³/mol. The number of rotatable bonds is 3. The Morgan fingerprint density at radius 2 is 2.05 bits per heavy atom. The van der Waals surface area contributed by atoms with Gasteiger partial charge in [0.05, 0.1) is 0 Å². The summed E-state index contributed by atoms with van der Waals surface area (Å²) in [6.45, 7) is 2.20. The third kappa shape index (κ3) is 3.98. The lowest BCUT2D eigenvalue weighted by atomic mass is 10.1. The van der Waals surface area contributed by atoms with Crippen LogP contribution < -0.4 is 5.73 Å². The number of carbonyl (C=O) groups is 1. The molecular formula is C15H19Cl2N3OS. The number of hydrogen-bond donors (Lipinski definition) is 1. The number of likely N-dealkylation sites (tertiary alicyclic amines) is 1. The van der Waals surface area contributed by atoms with Gasteiger partial charge in [-0.25, -0.2) is 4.98 Å². The van der Waals surface area contributed by atoms with Gasteiger partial charge in [-0.15, -0.1) is 36.2 Å². The average molecular weight is 360 g/mol. The van der Waals surface area contributed by atoms with Crippen LogP contribution in [0.25, 0.3) is 10.6 Å². The molecule has 7 heteroatoms. The number of benzene rings is 1. The Morgan fingerprint density at radius 1 is 1.32 bits per heavy atom. The molecule has 2 N–H and O–H groups in total. The van der Waals surface area contributed by atoms with Crippen molar-refractivity contribution in [2.45, 2.75) is 6.42 Å². The van der Waals surface area contributed by atoms with Crippen LogP contribution in [-0.2, 0) is 0 Å². The summed E-state index contributed by atoms with van der Waals surface area (Å²) < 4.78 is 0. The zero-order valence-electron chi connectivity index (χ0n) is 12.0. The highest BCUT2D eigenvalue weighted by atomic mass is 35.5. The van der Waals surface area contributed by atoms with E-state index in [9.17, 15) is 4.79 Å². The van der Waals surface area contributed by atoms with Gasteiger partial charge in [0.2, 0.25) is 0 Å². The third-order valence-corrected chi connectivity index (χ3v) is 4.54. The number of halogens is 2. The zero-order chi connectivity index (χ0) is 13.9. The van der Waals surface area contributed by atoms with E-state index in [0.29, 0.717) is 18.2 Å². The summed E-state index contributed by atoms with van der Waals surface area (Å²) in [6.07, 6.45) is 0.998. The van der Waals surface area contributed by atoms with Crippen molar-refractivity contribution < 1.29 is 4.79 Å². The normalized spacial score (nSPS) is 16.8. The van der Waals surface area contributed by atoms with E-state index in [2.05, 4.69) is 4.98 Å². The Labute approximate surface area is 146 Å². The van der Waals surface area contributed by atoms with Gasteiger partial charge in [-0.05, 0) is 18.9 Å². The van der Waals surface area contributed by atoms with Crippen LogP contribution in [0, 0.1) is 5.92 Å². The third-order valence-electron chi connectivity index (χ3n) is 3.65. The molecule has 1 fully saturated rings. The quantitative estimate of drug-likeness (QED) is 0.915. The predicted octanol–water partition coefficient (Wildman–Crippen LogP) is 3.07. The molecule has 1 amide bonds. The molecule has 1 aliphatic heterocycles. The largest absolute Gasteiger partial charge is 0.337 e. The monoisotopic (exact) mass is 359 g/mol. The van der Waals surface area contributed by atoms with E-state index in [1.54, 1.807) is 0 Å². The van der Waals surface area contributed by atoms with Crippen molar-refractivity contribution in [3.05, 3.63) is 41.4 Å². The molecule has 1 aliphatic rings. The van der Waals surface area contributed by atoms with Crippen LogP contribution in [0.2, 0.25) is 0 Å². The molecule has 22 heavy (non-hydrogen) atoms. The fraction of sp³-hybridized carbons (Fsp3) is 0.333. The molecule has 120 valence electrons. The molecule has 3 rings (SSSR count). The molecule has 1 aromatic carbocycles. The maximum atomic E-state index is 12.4. The Balaban J connectivity index is 0.00000121. The molecule has 1 atom stereocenters. The van der Waals surface area contributed by atoms with Crippen molar-refractivity contribution in [3.63, 3.8) is 0 Å². The first kappa shape index (κ1) is 18.9. The van der Waals surface area contributed by atoms with Crippen molar-refractivity contribution in [1.82, 2.24) is 9.88 Å². The van der Waals surface area contributed by atoms with E-state index >= 15 is 0 Å². The van der Waals surface area contributed by atoms with Crippen molar-refractivity contribution in [2.75, 3.05) is 19.6 Å². The highest BCUT2D eigenvalue weighted by molar-refractivity contribution is 7.13. The number of nitrogens with zero attached hydrogens (tertiary/aromatic N) is 2. The van der Waals surface area contributed by atoms with Crippen molar-refractivity contribution in [3.8, 4) is 10.6 Å². The minimum atomic E-state index is 0.